The molecule has 0 aromatic rings. The summed E-state index contributed by atoms with van der Waals surface area (Å²) in [5.74, 6) is 0. The van der Waals surface area contributed by atoms with Crippen molar-refractivity contribution < 1.29 is 4.84 Å². The van der Waals surface area contributed by atoms with Crippen molar-refractivity contribution in [3.8, 4) is 0 Å². The standard InChI is InChI=1S/C18H37NO2/c1-2-3-4-5-6-7-8-9-10-11-12-13-14-15-16-17-18-21-19-20/h2-18H2,1H3. The molecule has 0 bridgehead atoms. The summed E-state index contributed by atoms with van der Waals surface area (Å²) in [5, 5.41) is 2.39. The van der Waals surface area contributed by atoms with Crippen LogP contribution in [0.2, 0.25) is 0 Å². The van der Waals surface area contributed by atoms with Crippen LogP contribution in [0.15, 0.2) is 5.34 Å². The highest BCUT2D eigenvalue weighted by molar-refractivity contribution is 4.49. The van der Waals surface area contributed by atoms with Gasteiger partial charge in [0.2, 0.25) is 0 Å². The van der Waals surface area contributed by atoms with Gasteiger partial charge < -0.3 is 4.84 Å². The third-order valence-corrected chi connectivity index (χ3v) is 4.14. The van der Waals surface area contributed by atoms with Gasteiger partial charge in [-0.05, 0) is 12.8 Å². The Bertz CT molecular complexity index is 198. The molecule has 0 N–H and O–H groups in total. The van der Waals surface area contributed by atoms with E-state index in [4.69, 9.17) is 0 Å². The molecule has 0 spiro atoms. The number of nitrogens with zero attached hydrogens (tertiary/aromatic N) is 1. The first-order valence-corrected chi connectivity index (χ1v) is 9.36. The second-order valence-electron chi connectivity index (χ2n) is 6.21. The van der Waals surface area contributed by atoms with E-state index in [1.807, 2.05) is 0 Å². The van der Waals surface area contributed by atoms with Crippen LogP contribution < -0.4 is 0 Å². The second kappa shape index (κ2) is 19.4. The predicted molar refractivity (Wildman–Crippen MR) is 91.3 cm³/mol. The van der Waals surface area contributed by atoms with E-state index < -0.39 is 0 Å². The van der Waals surface area contributed by atoms with Crippen molar-refractivity contribution in [3.63, 3.8) is 0 Å². The Morgan fingerprint density at radius 1 is 0.571 bits per heavy atom. The summed E-state index contributed by atoms with van der Waals surface area (Å²) in [5.41, 5.74) is 0. The first-order chi connectivity index (χ1) is 10.4. The van der Waals surface area contributed by atoms with Crippen LogP contribution in [0.1, 0.15) is 110 Å². The molecule has 0 saturated heterocycles. The zero-order valence-corrected chi connectivity index (χ0v) is 14.3. The monoisotopic (exact) mass is 299 g/mol. The zero-order valence-electron chi connectivity index (χ0n) is 14.3. The fraction of sp³-hybridized carbons (Fsp3) is 1.00. The lowest BCUT2D eigenvalue weighted by molar-refractivity contribution is 0.135. The fourth-order valence-electron chi connectivity index (χ4n) is 2.75. The minimum Gasteiger partial charge on any atom is -0.364 e. The van der Waals surface area contributed by atoms with Crippen molar-refractivity contribution in [1.82, 2.24) is 0 Å². The van der Waals surface area contributed by atoms with E-state index in [0.29, 0.717) is 6.61 Å². The third-order valence-electron chi connectivity index (χ3n) is 4.14. The number of rotatable bonds is 18. The SMILES string of the molecule is CCCCCCCCCCCCCCCCCCON=O. The molecule has 0 aromatic heterocycles. The van der Waals surface area contributed by atoms with E-state index in [9.17, 15) is 4.91 Å². The van der Waals surface area contributed by atoms with E-state index in [-0.39, 0.29) is 0 Å². The molecule has 3 heteroatoms. The lowest BCUT2D eigenvalue weighted by atomic mass is 10.0. The maximum atomic E-state index is 9.69. The van der Waals surface area contributed by atoms with Gasteiger partial charge in [-0.25, -0.2) is 0 Å². The van der Waals surface area contributed by atoms with Crippen LogP contribution in [0.25, 0.3) is 0 Å². The minimum atomic E-state index is 0.488. The van der Waals surface area contributed by atoms with E-state index in [0.717, 1.165) is 12.8 Å². The average molecular weight is 299 g/mol. The van der Waals surface area contributed by atoms with Crippen LogP contribution in [0.5, 0.6) is 0 Å². The van der Waals surface area contributed by atoms with Crippen molar-refractivity contribution in [2.75, 3.05) is 6.61 Å². The molecule has 21 heavy (non-hydrogen) atoms. The second-order valence-corrected chi connectivity index (χ2v) is 6.21. The van der Waals surface area contributed by atoms with Gasteiger partial charge in [-0.15, -0.1) is 4.91 Å². The van der Waals surface area contributed by atoms with Gasteiger partial charge >= 0.3 is 0 Å². The minimum absolute atomic E-state index is 0.488. The van der Waals surface area contributed by atoms with E-state index >= 15 is 0 Å². The molecular formula is C18H37NO2. The number of hydrogen-bond acceptors (Lipinski definition) is 3. The molecule has 0 aromatic carbocycles. The van der Waals surface area contributed by atoms with Gasteiger partial charge in [0.25, 0.3) is 0 Å². The van der Waals surface area contributed by atoms with Crippen molar-refractivity contribution in [3.05, 3.63) is 4.91 Å². The maximum Gasteiger partial charge on any atom is 0.155 e. The molecule has 0 aliphatic carbocycles. The molecule has 0 amide bonds. The molecular weight excluding hydrogens is 262 g/mol. The van der Waals surface area contributed by atoms with Crippen LogP contribution in [0.4, 0.5) is 0 Å². The molecule has 0 aliphatic heterocycles. The third kappa shape index (κ3) is 19.4. The Morgan fingerprint density at radius 2 is 0.905 bits per heavy atom. The Morgan fingerprint density at radius 3 is 1.24 bits per heavy atom. The number of hydrogen-bond donors (Lipinski definition) is 0. The van der Waals surface area contributed by atoms with Gasteiger partial charge in [0.05, 0.1) is 0 Å². The molecule has 126 valence electrons. The first kappa shape index (κ1) is 20.4. The van der Waals surface area contributed by atoms with Gasteiger partial charge in [0.15, 0.2) is 5.34 Å². The molecule has 0 unspecified atom stereocenters. The summed E-state index contributed by atoms with van der Waals surface area (Å²) >= 11 is 0. The van der Waals surface area contributed by atoms with Crippen LogP contribution in [0, 0.1) is 4.91 Å². The molecule has 0 rings (SSSR count). The molecule has 0 aliphatic rings. The quantitative estimate of drug-likeness (QED) is 0.156. The van der Waals surface area contributed by atoms with Crippen molar-refractivity contribution >= 4 is 0 Å². The van der Waals surface area contributed by atoms with Gasteiger partial charge in [-0.2, -0.15) is 0 Å². The van der Waals surface area contributed by atoms with Crippen LogP contribution >= 0.6 is 0 Å². The lowest BCUT2D eigenvalue weighted by Crippen LogP contribution is -1.87. The topological polar surface area (TPSA) is 38.7 Å². The molecule has 3 nitrogen and oxygen atoms in total. The van der Waals surface area contributed by atoms with Crippen LogP contribution in [0.3, 0.4) is 0 Å². The highest BCUT2D eigenvalue weighted by Gasteiger charge is 1.94. The summed E-state index contributed by atoms with van der Waals surface area (Å²) in [6.45, 7) is 2.77. The Hall–Kier alpha value is -0.600. The fourth-order valence-corrected chi connectivity index (χ4v) is 2.75. The lowest BCUT2D eigenvalue weighted by Gasteiger charge is -2.03. The smallest absolute Gasteiger partial charge is 0.155 e. The summed E-state index contributed by atoms with van der Waals surface area (Å²) in [6.07, 6.45) is 21.7. The van der Waals surface area contributed by atoms with E-state index in [2.05, 4.69) is 17.1 Å². The molecule has 0 fully saturated rings. The molecule has 0 radical (unpaired) electrons. The van der Waals surface area contributed by atoms with Gasteiger partial charge in [-0.1, -0.05) is 96.8 Å². The highest BCUT2D eigenvalue weighted by atomic mass is 16.7. The van der Waals surface area contributed by atoms with Crippen molar-refractivity contribution in [2.24, 2.45) is 5.34 Å². The normalized spacial score (nSPS) is 10.7. The van der Waals surface area contributed by atoms with E-state index in [1.165, 1.54) is 89.9 Å². The summed E-state index contributed by atoms with van der Waals surface area (Å²) in [6, 6.07) is 0. The zero-order chi connectivity index (χ0) is 15.4. The van der Waals surface area contributed by atoms with E-state index in [1.54, 1.807) is 0 Å². The molecule has 0 heterocycles. The Balaban J connectivity index is 2.91. The summed E-state index contributed by atoms with van der Waals surface area (Å²) < 4.78 is 0. The van der Waals surface area contributed by atoms with Crippen molar-refractivity contribution in [2.45, 2.75) is 110 Å². The Kier molecular flexibility index (Phi) is 18.8. The van der Waals surface area contributed by atoms with Gasteiger partial charge in [0, 0.05) is 0 Å². The molecule has 0 saturated carbocycles. The van der Waals surface area contributed by atoms with Crippen LogP contribution in [-0.2, 0) is 4.84 Å². The van der Waals surface area contributed by atoms with Gasteiger partial charge in [0.1, 0.15) is 6.61 Å². The maximum absolute atomic E-state index is 9.69. The summed E-state index contributed by atoms with van der Waals surface area (Å²) in [7, 11) is 0. The number of unbranched alkanes of at least 4 members (excludes halogenated alkanes) is 15. The molecule has 0 atom stereocenters. The highest BCUT2D eigenvalue weighted by Crippen LogP contribution is 2.13. The largest absolute Gasteiger partial charge is 0.364 e. The van der Waals surface area contributed by atoms with Crippen LogP contribution in [-0.4, -0.2) is 6.61 Å². The Labute approximate surface area is 132 Å². The summed E-state index contributed by atoms with van der Waals surface area (Å²) in [4.78, 5) is 14.1. The van der Waals surface area contributed by atoms with Crippen molar-refractivity contribution in [1.29, 1.82) is 0 Å². The van der Waals surface area contributed by atoms with Gasteiger partial charge in [-0.3, -0.25) is 0 Å². The average Bonchev–Trinajstić information content (AvgIpc) is 2.50. The predicted octanol–water partition coefficient (Wildman–Crippen LogP) is 6.95. The first-order valence-electron chi connectivity index (χ1n) is 9.36.